The molecule has 1 aliphatic rings. The van der Waals surface area contributed by atoms with Gasteiger partial charge in [-0.1, -0.05) is 30.3 Å². The minimum Gasteiger partial charge on any atom is -0.497 e. The number of hydrazone groups is 1. The Bertz CT molecular complexity index is 826. The molecule has 0 bridgehead atoms. The zero-order valence-electron chi connectivity index (χ0n) is 17.1. The van der Waals surface area contributed by atoms with E-state index in [2.05, 4.69) is 22.7 Å². The van der Waals surface area contributed by atoms with Crippen molar-refractivity contribution < 1.29 is 23.9 Å². The Morgan fingerprint density at radius 1 is 1.07 bits per heavy atom. The predicted octanol–water partition coefficient (Wildman–Crippen LogP) is 1.47. The fourth-order valence-corrected chi connectivity index (χ4v) is 3.55. The maximum absolute atomic E-state index is 12.7. The number of rotatable bonds is 7. The van der Waals surface area contributed by atoms with E-state index in [0.29, 0.717) is 17.1 Å². The number of hydrogen-bond acceptors (Lipinski definition) is 5. The van der Waals surface area contributed by atoms with Crippen LogP contribution in [-0.4, -0.2) is 52.1 Å². The van der Waals surface area contributed by atoms with Gasteiger partial charge in [0.1, 0.15) is 24.6 Å². The van der Waals surface area contributed by atoms with Gasteiger partial charge in [-0.2, -0.15) is 5.10 Å². The van der Waals surface area contributed by atoms with Crippen LogP contribution in [0.25, 0.3) is 0 Å². The molecular formula is C22H28N3O4+. The molecule has 0 aliphatic carbocycles. The summed E-state index contributed by atoms with van der Waals surface area (Å²) in [4.78, 5) is 14.0. The number of carbonyl (C=O) groups excluding carboxylic acids is 1. The summed E-state index contributed by atoms with van der Waals surface area (Å²) >= 11 is 0. The average molecular weight is 398 g/mol. The first-order valence-corrected chi connectivity index (χ1v) is 9.67. The van der Waals surface area contributed by atoms with Crippen LogP contribution < -0.4 is 19.8 Å². The quantitative estimate of drug-likeness (QED) is 0.547. The summed E-state index contributed by atoms with van der Waals surface area (Å²) < 4.78 is 16.0. The first-order valence-electron chi connectivity index (χ1n) is 9.67. The van der Waals surface area contributed by atoms with E-state index in [9.17, 15) is 4.79 Å². The number of quaternary nitrogens is 1. The van der Waals surface area contributed by atoms with Crippen LogP contribution in [-0.2, 0) is 4.74 Å². The van der Waals surface area contributed by atoms with Crippen LogP contribution in [0.4, 0.5) is 0 Å². The number of benzene rings is 2. The fourth-order valence-electron chi connectivity index (χ4n) is 3.55. The van der Waals surface area contributed by atoms with E-state index < -0.39 is 0 Å². The largest absolute Gasteiger partial charge is 0.497 e. The molecule has 1 fully saturated rings. The van der Waals surface area contributed by atoms with E-state index in [0.717, 1.165) is 32.0 Å². The topological polar surface area (TPSA) is 73.6 Å². The number of carbonyl (C=O) groups is 1. The molecule has 0 radical (unpaired) electrons. The zero-order valence-corrected chi connectivity index (χ0v) is 17.1. The molecule has 0 aromatic heterocycles. The Labute approximate surface area is 171 Å². The Balaban J connectivity index is 1.80. The van der Waals surface area contributed by atoms with Crippen LogP contribution >= 0.6 is 0 Å². The molecule has 0 unspecified atom stereocenters. The molecule has 0 spiro atoms. The van der Waals surface area contributed by atoms with Gasteiger partial charge in [-0.25, -0.2) is 5.43 Å². The Kier molecular flexibility index (Phi) is 7.21. The lowest BCUT2D eigenvalue weighted by Crippen LogP contribution is -3.15. The molecule has 3 rings (SSSR count). The van der Waals surface area contributed by atoms with E-state index >= 15 is 0 Å². The molecule has 1 amide bonds. The SMILES string of the molecule is COc1cc(OC)cc(C(=O)N/N=C(/C)[C@H](c2ccccc2)[NH+]2CCOCC2)c1. The predicted molar refractivity (Wildman–Crippen MR) is 111 cm³/mol. The van der Waals surface area contributed by atoms with E-state index in [1.54, 1.807) is 32.4 Å². The van der Waals surface area contributed by atoms with Gasteiger partial charge in [-0.15, -0.1) is 0 Å². The molecule has 2 aromatic carbocycles. The molecule has 2 aromatic rings. The number of hydrogen-bond donors (Lipinski definition) is 2. The third kappa shape index (κ3) is 5.34. The number of nitrogens with zero attached hydrogens (tertiary/aromatic N) is 1. The second kappa shape index (κ2) is 10.0. The van der Waals surface area contributed by atoms with Crippen molar-refractivity contribution in [1.82, 2.24) is 5.43 Å². The highest BCUT2D eigenvalue weighted by Crippen LogP contribution is 2.22. The molecule has 1 heterocycles. The highest BCUT2D eigenvalue weighted by Gasteiger charge is 2.29. The van der Waals surface area contributed by atoms with Crippen LogP contribution in [0.2, 0.25) is 0 Å². The normalized spacial score (nSPS) is 16.2. The highest BCUT2D eigenvalue weighted by molar-refractivity contribution is 5.96. The van der Waals surface area contributed by atoms with Crippen LogP contribution in [0.3, 0.4) is 0 Å². The average Bonchev–Trinajstić information content (AvgIpc) is 2.78. The number of morpholine rings is 1. The molecule has 154 valence electrons. The first kappa shape index (κ1) is 20.8. The van der Waals surface area contributed by atoms with Gasteiger partial charge in [0, 0.05) is 17.2 Å². The van der Waals surface area contributed by atoms with Crippen LogP contribution in [0.15, 0.2) is 53.6 Å². The first-order chi connectivity index (χ1) is 14.1. The van der Waals surface area contributed by atoms with E-state index in [4.69, 9.17) is 14.2 Å². The summed E-state index contributed by atoms with van der Waals surface area (Å²) in [6.45, 7) is 5.19. The van der Waals surface area contributed by atoms with Crippen LogP contribution in [0, 0.1) is 0 Å². The standard InChI is InChI=1S/C22H27N3O4/c1-16(21(17-7-5-4-6-8-17)25-9-11-29-12-10-25)23-24-22(26)18-13-19(27-2)15-20(14-18)28-3/h4-8,13-15,21H,9-12H2,1-3H3,(H,24,26)/p+1/b23-16-/t21-/m1/s1. The van der Waals surface area contributed by atoms with Gasteiger partial charge in [0.05, 0.1) is 33.1 Å². The summed E-state index contributed by atoms with van der Waals surface area (Å²) in [5, 5.41) is 4.44. The number of ether oxygens (including phenoxy) is 3. The number of amides is 1. The minimum atomic E-state index is -0.315. The Morgan fingerprint density at radius 2 is 1.69 bits per heavy atom. The maximum Gasteiger partial charge on any atom is 0.271 e. The molecule has 1 atom stereocenters. The van der Waals surface area contributed by atoms with Crippen molar-refractivity contribution in [3.63, 3.8) is 0 Å². The second-order valence-electron chi connectivity index (χ2n) is 6.91. The van der Waals surface area contributed by atoms with Crippen LogP contribution in [0.5, 0.6) is 11.5 Å². The van der Waals surface area contributed by atoms with Crippen molar-refractivity contribution in [2.45, 2.75) is 13.0 Å². The summed E-state index contributed by atoms with van der Waals surface area (Å²) in [5.41, 5.74) is 5.12. The molecule has 0 saturated carbocycles. The lowest BCUT2D eigenvalue weighted by molar-refractivity contribution is -0.928. The fraction of sp³-hybridized carbons (Fsp3) is 0.364. The minimum absolute atomic E-state index is 0.0558. The number of methoxy groups -OCH3 is 2. The van der Waals surface area contributed by atoms with Crippen molar-refractivity contribution >= 4 is 11.6 Å². The van der Waals surface area contributed by atoms with Gasteiger partial charge in [-0.05, 0) is 19.1 Å². The molecule has 2 N–H and O–H groups in total. The smallest absolute Gasteiger partial charge is 0.271 e. The molecule has 7 nitrogen and oxygen atoms in total. The Hall–Kier alpha value is -2.90. The van der Waals surface area contributed by atoms with Crippen LogP contribution in [0.1, 0.15) is 28.9 Å². The highest BCUT2D eigenvalue weighted by atomic mass is 16.5. The van der Waals surface area contributed by atoms with Crippen molar-refractivity contribution in [1.29, 1.82) is 0 Å². The lowest BCUT2D eigenvalue weighted by Gasteiger charge is -2.31. The summed E-state index contributed by atoms with van der Waals surface area (Å²) in [7, 11) is 3.10. The maximum atomic E-state index is 12.7. The van der Waals surface area contributed by atoms with E-state index in [1.807, 2.05) is 25.1 Å². The van der Waals surface area contributed by atoms with E-state index in [-0.39, 0.29) is 11.9 Å². The molecular weight excluding hydrogens is 370 g/mol. The van der Waals surface area contributed by atoms with Crippen molar-refractivity contribution in [3.8, 4) is 11.5 Å². The number of nitrogens with one attached hydrogen (secondary N) is 2. The molecule has 7 heteroatoms. The summed E-state index contributed by atoms with van der Waals surface area (Å²) in [6, 6.07) is 15.3. The summed E-state index contributed by atoms with van der Waals surface area (Å²) in [6.07, 6.45) is 0. The molecule has 29 heavy (non-hydrogen) atoms. The second-order valence-corrected chi connectivity index (χ2v) is 6.91. The van der Waals surface area contributed by atoms with Gasteiger partial charge in [0.2, 0.25) is 0 Å². The molecule has 1 saturated heterocycles. The van der Waals surface area contributed by atoms with Gasteiger partial charge >= 0.3 is 0 Å². The van der Waals surface area contributed by atoms with Gasteiger partial charge in [0.25, 0.3) is 5.91 Å². The lowest BCUT2D eigenvalue weighted by atomic mass is 10.0. The molecule has 1 aliphatic heterocycles. The third-order valence-electron chi connectivity index (χ3n) is 5.04. The van der Waals surface area contributed by atoms with Gasteiger partial charge in [-0.3, -0.25) is 4.79 Å². The van der Waals surface area contributed by atoms with Gasteiger partial charge in [0.15, 0.2) is 6.04 Å². The monoisotopic (exact) mass is 398 g/mol. The van der Waals surface area contributed by atoms with Crippen molar-refractivity contribution in [2.75, 3.05) is 40.5 Å². The van der Waals surface area contributed by atoms with Crippen molar-refractivity contribution in [3.05, 3.63) is 59.7 Å². The Morgan fingerprint density at radius 3 is 2.28 bits per heavy atom. The summed E-state index contributed by atoms with van der Waals surface area (Å²) in [5.74, 6) is 0.788. The van der Waals surface area contributed by atoms with E-state index in [1.165, 1.54) is 10.5 Å². The third-order valence-corrected chi connectivity index (χ3v) is 5.04. The zero-order chi connectivity index (χ0) is 20.6. The van der Waals surface area contributed by atoms with Crippen molar-refractivity contribution in [2.24, 2.45) is 5.10 Å². The van der Waals surface area contributed by atoms with Gasteiger partial charge < -0.3 is 19.1 Å².